The van der Waals surface area contributed by atoms with Crippen molar-refractivity contribution >= 4 is 6.16 Å². The molecule has 1 aromatic carbocycles. The molecular weight excluding hydrogens is 322 g/mol. The van der Waals surface area contributed by atoms with E-state index in [1.807, 2.05) is 41.3 Å². The van der Waals surface area contributed by atoms with Gasteiger partial charge in [0.2, 0.25) is 0 Å². The fraction of sp³-hybridized carbons (Fsp3) is 0.444. The lowest BCUT2D eigenvalue weighted by Crippen LogP contribution is -2.45. The number of methoxy groups -OCH3 is 1. The molecule has 0 amide bonds. The maximum Gasteiger partial charge on any atom is 0.509 e. The van der Waals surface area contributed by atoms with Crippen molar-refractivity contribution in [3.05, 3.63) is 42.2 Å². The Morgan fingerprint density at radius 3 is 2.80 bits per heavy atom. The monoisotopic (exact) mass is 343 g/mol. The third-order valence-corrected chi connectivity index (χ3v) is 4.89. The summed E-state index contributed by atoms with van der Waals surface area (Å²) in [6.45, 7) is 2.94. The number of para-hydroxylation sites is 2. The molecule has 132 valence electrons. The first-order valence-electron chi connectivity index (χ1n) is 8.43. The van der Waals surface area contributed by atoms with Gasteiger partial charge in [-0.15, -0.1) is 0 Å². The molecule has 0 aliphatic carbocycles. The molecule has 2 aromatic rings. The minimum absolute atomic E-state index is 0.380. The lowest BCUT2D eigenvalue weighted by atomic mass is 9.92. The summed E-state index contributed by atoms with van der Waals surface area (Å²) in [5.74, 6) is 0.792. The second-order valence-electron chi connectivity index (χ2n) is 6.56. The van der Waals surface area contributed by atoms with E-state index in [2.05, 4.69) is 10.00 Å². The van der Waals surface area contributed by atoms with Gasteiger partial charge in [0.25, 0.3) is 0 Å². The number of carbonyl (C=O) groups excluding carboxylic acids is 1. The number of cyclic esters (lactones) is 1. The molecule has 2 saturated heterocycles. The normalized spacial score (nSPS) is 19.6. The van der Waals surface area contributed by atoms with Crippen molar-refractivity contribution in [2.75, 3.05) is 26.8 Å². The Morgan fingerprint density at radius 2 is 2.08 bits per heavy atom. The van der Waals surface area contributed by atoms with E-state index in [9.17, 15) is 4.79 Å². The fourth-order valence-corrected chi connectivity index (χ4v) is 3.44. The van der Waals surface area contributed by atoms with Crippen molar-refractivity contribution in [2.24, 2.45) is 0 Å². The maximum atomic E-state index is 11.2. The zero-order valence-corrected chi connectivity index (χ0v) is 14.2. The lowest BCUT2D eigenvalue weighted by Gasteiger charge is -2.36. The van der Waals surface area contributed by atoms with E-state index in [1.54, 1.807) is 7.11 Å². The van der Waals surface area contributed by atoms with Crippen LogP contribution in [0.15, 0.2) is 36.7 Å². The Bertz CT molecular complexity index is 765. The molecule has 1 aromatic heterocycles. The summed E-state index contributed by atoms with van der Waals surface area (Å²) >= 11 is 0. The highest BCUT2D eigenvalue weighted by atomic mass is 16.8. The quantitative estimate of drug-likeness (QED) is 0.794. The Hall–Kier alpha value is -2.54. The maximum absolute atomic E-state index is 11.2. The summed E-state index contributed by atoms with van der Waals surface area (Å²) in [4.78, 5) is 13.5. The van der Waals surface area contributed by atoms with Crippen molar-refractivity contribution in [3.8, 4) is 11.4 Å². The minimum Gasteiger partial charge on any atom is -0.494 e. The SMILES string of the molecule is COc1ccccc1-n1cc(CN2CCC3(CC2)COC(=O)O3)cn1. The average molecular weight is 343 g/mol. The van der Waals surface area contributed by atoms with Crippen LogP contribution in [0, 0.1) is 0 Å². The lowest BCUT2D eigenvalue weighted by molar-refractivity contribution is -0.00163. The smallest absolute Gasteiger partial charge is 0.494 e. The van der Waals surface area contributed by atoms with E-state index in [1.165, 1.54) is 0 Å². The molecule has 2 fully saturated rings. The van der Waals surface area contributed by atoms with E-state index in [0.29, 0.717) is 6.61 Å². The Balaban J connectivity index is 1.40. The highest BCUT2D eigenvalue weighted by Gasteiger charge is 2.44. The molecule has 0 unspecified atom stereocenters. The van der Waals surface area contributed by atoms with Gasteiger partial charge in [0.15, 0.2) is 5.60 Å². The minimum atomic E-state index is -0.536. The number of hydrogen-bond donors (Lipinski definition) is 0. The second-order valence-corrected chi connectivity index (χ2v) is 6.56. The van der Waals surface area contributed by atoms with Crippen molar-refractivity contribution in [1.29, 1.82) is 0 Å². The first-order chi connectivity index (χ1) is 12.2. The van der Waals surface area contributed by atoms with Gasteiger partial charge in [-0.05, 0) is 12.1 Å². The topological polar surface area (TPSA) is 65.8 Å². The largest absolute Gasteiger partial charge is 0.509 e. The van der Waals surface area contributed by atoms with Crippen molar-refractivity contribution in [2.45, 2.75) is 25.0 Å². The molecule has 0 saturated carbocycles. The number of nitrogens with zero attached hydrogens (tertiary/aromatic N) is 3. The molecule has 0 bridgehead atoms. The van der Waals surface area contributed by atoms with Crippen LogP contribution in [0.2, 0.25) is 0 Å². The van der Waals surface area contributed by atoms with Crippen LogP contribution in [0.5, 0.6) is 5.75 Å². The highest BCUT2D eigenvalue weighted by Crippen LogP contribution is 2.32. The number of carbonyl (C=O) groups is 1. The summed E-state index contributed by atoms with van der Waals surface area (Å²) in [5, 5.41) is 4.46. The van der Waals surface area contributed by atoms with Crippen LogP contribution < -0.4 is 4.74 Å². The van der Waals surface area contributed by atoms with Gasteiger partial charge >= 0.3 is 6.16 Å². The Kier molecular flexibility index (Phi) is 4.09. The zero-order chi connectivity index (χ0) is 17.3. The Labute approximate surface area is 146 Å². The van der Waals surface area contributed by atoms with Crippen LogP contribution in [-0.4, -0.2) is 53.2 Å². The van der Waals surface area contributed by atoms with E-state index in [-0.39, 0.29) is 0 Å². The molecule has 0 N–H and O–H groups in total. The molecule has 2 aliphatic rings. The summed E-state index contributed by atoms with van der Waals surface area (Å²) in [7, 11) is 1.66. The fourth-order valence-electron chi connectivity index (χ4n) is 3.44. The van der Waals surface area contributed by atoms with E-state index in [4.69, 9.17) is 14.2 Å². The molecule has 1 spiro atoms. The first-order valence-corrected chi connectivity index (χ1v) is 8.43. The number of ether oxygens (including phenoxy) is 3. The summed E-state index contributed by atoms with van der Waals surface area (Å²) in [6.07, 6.45) is 4.99. The Morgan fingerprint density at radius 1 is 1.28 bits per heavy atom. The van der Waals surface area contributed by atoms with Gasteiger partial charge in [-0.25, -0.2) is 9.48 Å². The molecule has 0 atom stereocenters. The van der Waals surface area contributed by atoms with Crippen molar-refractivity contribution in [3.63, 3.8) is 0 Å². The van der Waals surface area contributed by atoms with Gasteiger partial charge < -0.3 is 14.2 Å². The van der Waals surface area contributed by atoms with Gasteiger partial charge in [0.05, 0.1) is 13.3 Å². The summed E-state index contributed by atoms with van der Waals surface area (Å²) in [5.41, 5.74) is 1.65. The third-order valence-electron chi connectivity index (χ3n) is 4.89. The highest BCUT2D eigenvalue weighted by molar-refractivity contribution is 5.62. The molecule has 7 nitrogen and oxygen atoms in total. The van der Waals surface area contributed by atoms with Crippen molar-refractivity contribution in [1.82, 2.24) is 14.7 Å². The van der Waals surface area contributed by atoms with Crippen molar-refractivity contribution < 1.29 is 19.0 Å². The third kappa shape index (κ3) is 3.19. The molecule has 0 radical (unpaired) electrons. The van der Waals surface area contributed by atoms with Gasteiger partial charge in [0, 0.05) is 44.2 Å². The van der Waals surface area contributed by atoms with Crippen LogP contribution in [0.4, 0.5) is 4.79 Å². The number of hydrogen-bond acceptors (Lipinski definition) is 6. The summed E-state index contributed by atoms with van der Waals surface area (Å²) in [6, 6.07) is 7.81. The number of aromatic nitrogens is 2. The zero-order valence-electron chi connectivity index (χ0n) is 14.2. The first kappa shape index (κ1) is 16.0. The van der Waals surface area contributed by atoms with E-state index < -0.39 is 11.8 Å². The predicted molar refractivity (Wildman–Crippen MR) is 89.8 cm³/mol. The molecule has 2 aliphatic heterocycles. The van der Waals surface area contributed by atoms with Gasteiger partial charge in [-0.1, -0.05) is 12.1 Å². The molecule has 3 heterocycles. The number of likely N-dealkylation sites (tertiary alicyclic amines) is 1. The van der Waals surface area contributed by atoms with Crippen LogP contribution in [0.3, 0.4) is 0 Å². The predicted octanol–water partition coefficient (Wildman–Crippen LogP) is 2.38. The van der Waals surface area contributed by atoms with Crippen LogP contribution in [0.25, 0.3) is 5.69 Å². The van der Waals surface area contributed by atoms with Crippen LogP contribution in [0.1, 0.15) is 18.4 Å². The van der Waals surface area contributed by atoms with E-state index >= 15 is 0 Å². The van der Waals surface area contributed by atoms with E-state index in [0.717, 1.165) is 49.5 Å². The number of benzene rings is 1. The molecular formula is C18H21N3O4. The van der Waals surface area contributed by atoms with Crippen LogP contribution in [-0.2, 0) is 16.0 Å². The number of piperidine rings is 1. The van der Waals surface area contributed by atoms with Gasteiger partial charge in [0.1, 0.15) is 18.0 Å². The average Bonchev–Trinajstić information content (AvgIpc) is 3.24. The second kappa shape index (κ2) is 6.40. The van der Waals surface area contributed by atoms with Gasteiger partial charge in [-0.3, -0.25) is 4.90 Å². The summed E-state index contributed by atoms with van der Waals surface area (Å²) < 4.78 is 17.6. The molecule has 4 rings (SSSR count). The standard InChI is InChI=1S/C18H21N3O4/c1-23-16-5-3-2-4-15(16)21-12-14(10-19-21)11-20-8-6-18(7-9-20)13-24-17(22)25-18/h2-5,10,12H,6-9,11,13H2,1H3. The van der Waals surface area contributed by atoms with Gasteiger partial charge in [-0.2, -0.15) is 5.10 Å². The van der Waals surface area contributed by atoms with Crippen LogP contribution >= 0.6 is 0 Å². The molecule has 25 heavy (non-hydrogen) atoms. The molecule has 7 heteroatoms. The number of rotatable bonds is 4.